The van der Waals surface area contributed by atoms with E-state index in [1.807, 2.05) is 12.1 Å². The highest BCUT2D eigenvalue weighted by molar-refractivity contribution is 9.10. The average molecular weight is 508 g/mol. The summed E-state index contributed by atoms with van der Waals surface area (Å²) in [6.07, 6.45) is 3.26. The smallest absolute Gasteiger partial charge is 0.247 e. The van der Waals surface area contributed by atoms with Crippen LogP contribution in [0.25, 0.3) is 0 Å². The van der Waals surface area contributed by atoms with Crippen LogP contribution in [-0.4, -0.2) is 35.1 Å². The topological polar surface area (TPSA) is 81.7 Å². The molecule has 0 aromatic heterocycles. The Kier molecular flexibility index (Phi) is 6.76. The van der Waals surface area contributed by atoms with Crippen molar-refractivity contribution in [2.75, 3.05) is 15.5 Å². The van der Waals surface area contributed by atoms with Crippen molar-refractivity contribution in [2.24, 2.45) is 0 Å². The first-order valence-corrected chi connectivity index (χ1v) is 11.4. The number of aliphatic hydroxyl groups excluding tert-OH is 1. The van der Waals surface area contributed by atoms with Crippen molar-refractivity contribution in [3.63, 3.8) is 0 Å². The van der Waals surface area contributed by atoms with Gasteiger partial charge < -0.3 is 15.7 Å². The maximum Gasteiger partial charge on any atom is 0.247 e. The molecule has 0 radical (unpaired) electrons. The van der Waals surface area contributed by atoms with Gasteiger partial charge in [-0.05, 0) is 62.4 Å². The summed E-state index contributed by atoms with van der Waals surface area (Å²) in [5, 5.41) is 16.1. The molecule has 1 unspecified atom stereocenters. The number of benzene rings is 2. The first kappa shape index (κ1) is 22.7. The summed E-state index contributed by atoms with van der Waals surface area (Å²) in [5.74, 6) is -2.80. The molecule has 1 heterocycles. The van der Waals surface area contributed by atoms with Crippen LogP contribution in [0.4, 0.5) is 25.8 Å². The Balaban J connectivity index is 1.53. The Labute approximate surface area is 193 Å². The second kappa shape index (κ2) is 9.54. The highest BCUT2D eigenvalue weighted by Crippen LogP contribution is 2.32. The van der Waals surface area contributed by atoms with Gasteiger partial charge in [-0.25, -0.2) is 8.78 Å². The molecule has 32 heavy (non-hydrogen) atoms. The summed E-state index contributed by atoms with van der Waals surface area (Å²) in [6, 6.07) is 8.03. The summed E-state index contributed by atoms with van der Waals surface area (Å²) in [5.41, 5.74) is 1.45. The standard InChI is InChI=1S/C23H24BrF2N3O3/c24-13-1-8-19(27-14-2-5-16(30)6-3-14)20(11-13)28-23(32)21-9-10-22(31)29(21)15-4-7-17(25)18(26)12-15/h1,4,7-8,11-12,14,16,21,27,30H,2-3,5-6,9-10H2,(H,28,32). The summed E-state index contributed by atoms with van der Waals surface area (Å²) >= 11 is 3.42. The average Bonchev–Trinajstić information content (AvgIpc) is 3.15. The molecular weight excluding hydrogens is 484 g/mol. The van der Waals surface area contributed by atoms with Crippen molar-refractivity contribution < 1.29 is 23.5 Å². The van der Waals surface area contributed by atoms with E-state index in [0.717, 1.165) is 48.0 Å². The zero-order valence-electron chi connectivity index (χ0n) is 17.3. The third-order valence-electron chi connectivity index (χ3n) is 5.99. The van der Waals surface area contributed by atoms with Gasteiger partial charge in [0, 0.05) is 28.7 Å². The lowest BCUT2D eigenvalue weighted by molar-refractivity contribution is -0.120. The number of rotatable bonds is 5. The van der Waals surface area contributed by atoms with Crippen LogP contribution < -0.4 is 15.5 Å². The van der Waals surface area contributed by atoms with E-state index in [0.29, 0.717) is 5.69 Å². The summed E-state index contributed by atoms with van der Waals surface area (Å²) < 4.78 is 27.9. The van der Waals surface area contributed by atoms with Gasteiger partial charge in [-0.3, -0.25) is 14.5 Å². The number of nitrogens with zero attached hydrogens (tertiary/aromatic N) is 1. The molecule has 3 N–H and O–H groups in total. The van der Waals surface area contributed by atoms with E-state index in [2.05, 4.69) is 26.6 Å². The molecule has 2 aromatic rings. The van der Waals surface area contributed by atoms with Crippen molar-refractivity contribution in [1.82, 2.24) is 0 Å². The molecule has 170 valence electrons. The van der Waals surface area contributed by atoms with Crippen molar-refractivity contribution in [3.8, 4) is 0 Å². The van der Waals surface area contributed by atoms with Crippen LogP contribution >= 0.6 is 15.9 Å². The Morgan fingerprint density at radius 2 is 1.75 bits per heavy atom. The van der Waals surface area contributed by atoms with E-state index in [-0.39, 0.29) is 36.6 Å². The second-order valence-corrected chi connectivity index (χ2v) is 9.16. The van der Waals surface area contributed by atoms with E-state index in [9.17, 15) is 23.5 Å². The third kappa shape index (κ3) is 4.94. The van der Waals surface area contributed by atoms with Crippen LogP contribution in [0, 0.1) is 11.6 Å². The molecule has 1 saturated carbocycles. The normalized spacial score (nSPS) is 23.3. The van der Waals surface area contributed by atoms with Crippen molar-refractivity contribution in [2.45, 2.75) is 56.7 Å². The van der Waals surface area contributed by atoms with Gasteiger partial charge in [0.2, 0.25) is 11.8 Å². The van der Waals surface area contributed by atoms with E-state index >= 15 is 0 Å². The maximum atomic E-state index is 13.7. The quantitative estimate of drug-likeness (QED) is 0.553. The molecule has 1 saturated heterocycles. The van der Waals surface area contributed by atoms with Crippen LogP contribution in [0.1, 0.15) is 38.5 Å². The number of hydrogen-bond donors (Lipinski definition) is 3. The third-order valence-corrected chi connectivity index (χ3v) is 6.49. The summed E-state index contributed by atoms with van der Waals surface area (Å²) in [7, 11) is 0. The summed E-state index contributed by atoms with van der Waals surface area (Å²) in [6.45, 7) is 0. The van der Waals surface area contributed by atoms with E-state index < -0.39 is 23.6 Å². The predicted octanol–water partition coefficient (Wildman–Crippen LogP) is 4.58. The molecular formula is C23H24BrF2N3O3. The fourth-order valence-corrected chi connectivity index (χ4v) is 4.65. The van der Waals surface area contributed by atoms with Gasteiger partial charge in [0.15, 0.2) is 11.6 Å². The number of amides is 2. The molecule has 2 amide bonds. The lowest BCUT2D eigenvalue weighted by atomic mass is 9.93. The molecule has 6 nitrogen and oxygen atoms in total. The van der Waals surface area contributed by atoms with Crippen LogP contribution in [-0.2, 0) is 9.59 Å². The van der Waals surface area contributed by atoms with Crippen molar-refractivity contribution >= 4 is 44.8 Å². The minimum atomic E-state index is -1.07. The Bertz CT molecular complexity index is 1030. The van der Waals surface area contributed by atoms with Gasteiger partial charge in [0.25, 0.3) is 0 Å². The fourth-order valence-electron chi connectivity index (χ4n) is 4.29. The molecule has 0 spiro atoms. The maximum absolute atomic E-state index is 13.7. The highest BCUT2D eigenvalue weighted by atomic mass is 79.9. The lowest BCUT2D eigenvalue weighted by Gasteiger charge is -2.28. The van der Waals surface area contributed by atoms with Gasteiger partial charge in [0.1, 0.15) is 6.04 Å². The number of anilines is 3. The minimum absolute atomic E-state index is 0.144. The Hall–Kier alpha value is -2.52. The SMILES string of the molecule is O=C(Nc1cc(Br)ccc1NC1CCC(O)CC1)C1CCC(=O)N1c1ccc(F)c(F)c1. The van der Waals surface area contributed by atoms with Crippen LogP contribution in [0.5, 0.6) is 0 Å². The van der Waals surface area contributed by atoms with E-state index in [4.69, 9.17) is 0 Å². The summed E-state index contributed by atoms with van der Waals surface area (Å²) in [4.78, 5) is 26.8. The number of hydrogen-bond acceptors (Lipinski definition) is 4. The fraction of sp³-hybridized carbons (Fsp3) is 0.391. The van der Waals surface area contributed by atoms with Gasteiger partial charge in [0.05, 0.1) is 17.5 Å². The molecule has 2 fully saturated rings. The Morgan fingerprint density at radius 3 is 2.47 bits per heavy atom. The van der Waals surface area contributed by atoms with Gasteiger partial charge in [-0.2, -0.15) is 0 Å². The number of carbonyl (C=O) groups is 2. The molecule has 2 aliphatic rings. The minimum Gasteiger partial charge on any atom is -0.393 e. The first-order chi connectivity index (χ1) is 15.3. The monoisotopic (exact) mass is 507 g/mol. The Morgan fingerprint density at radius 1 is 1.00 bits per heavy atom. The van der Waals surface area contributed by atoms with Gasteiger partial charge in [-0.1, -0.05) is 15.9 Å². The molecule has 4 rings (SSSR count). The highest BCUT2D eigenvalue weighted by Gasteiger charge is 2.37. The van der Waals surface area contributed by atoms with Crippen LogP contribution in [0.2, 0.25) is 0 Å². The molecule has 0 bridgehead atoms. The molecule has 1 aliphatic carbocycles. The first-order valence-electron chi connectivity index (χ1n) is 10.6. The van der Waals surface area contributed by atoms with Crippen LogP contribution in [0.3, 0.4) is 0 Å². The predicted molar refractivity (Wildman–Crippen MR) is 122 cm³/mol. The van der Waals surface area contributed by atoms with Crippen molar-refractivity contribution in [1.29, 1.82) is 0 Å². The molecule has 9 heteroatoms. The van der Waals surface area contributed by atoms with Crippen LogP contribution in [0.15, 0.2) is 40.9 Å². The van der Waals surface area contributed by atoms with Gasteiger partial charge >= 0.3 is 0 Å². The molecule has 1 atom stereocenters. The number of nitrogens with one attached hydrogen (secondary N) is 2. The van der Waals surface area contributed by atoms with Crippen molar-refractivity contribution in [3.05, 3.63) is 52.5 Å². The van der Waals surface area contributed by atoms with E-state index in [1.165, 1.54) is 11.0 Å². The lowest BCUT2D eigenvalue weighted by Crippen LogP contribution is -2.42. The molecule has 2 aromatic carbocycles. The zero-order chi connectivity index (χ0) is 22.8. The van der Waals surface area contributed by atoms with Gasteiger partial charge in [-0.15, -0.1) is 0 Å². The zero-order valence-corrected chi connectivity index (χ0v) is 18.9. The van der Waals surface area contributed by atoms with E-state index in [1.54, 1.807) is 6.07 Å². The second-order valence-electron chi connectivity index (χ2n) is 8.25. The molecule has 1 aliphatic heterocycles. The number of aliphatic hydroxyl groups is 1. The number of carbonyl (C=O) groups excluding carboxylic acids is 2. The largest absolute Gasteiger partial charge is 0.393 e. The number of halogens is 3.